The van der Waals surface area contributed by atoms with Gasteiger partial charge in [-0.15, -0.1) is 0 Å². The SMILES string of the molecule is CCOC(=O)/C(C#N)=C/c1cn(-c2ccccc2)nc1-c1ccco1. The van der Waals surface area contributed by atoms with Gasteiger partial charge >= 0.3 is 5.97 Å². The van der Waals surface area contributed by atoms with E-state index in [9.17, 15) is 10.1 Å². The van der Waals surface area contributed by atoms with E-state index in [0.29, 0.717) is 17.0 Å². The van der Waals surface area contributed by atoms with Crippen molar-refractivity contribution in [3.63, 3.8) is 0 Å². The molecule has 0 N–H and O–H groups in total. The van der Waals surface area contributed by atoms with Crippen LogP contribution in [-0.4, -0.2) is 22.4 Å². The molecule has 6 nitrogen and oxygen atoms in total. The number of ether oxygens (including phenoxy) is 1. The largest absolute Gasteiger partial charge is 0.463 e. The Hall–Kier alpha value is -3.59. The molecule has 0 fully saturated rings. The number of carbonyl (C=O) groups is 1. The number of nitriles is 1. The van der Waals surface area contributed by atoms with Crippen LogP contribution in [0.3, 0.4) is 0 Å². The molecule has 3 aromatic rings. The second-order valence-electron chi connectivity index (χ2n) is 5.08. The first-order valence-corrected chi connectivity index (χ1v) is 7.70. The highest BCUT2D eigenvalue weighted by Crippen LogP contribution is 2.26. The molecule has 0 aliphatic rings. The number of rotatable bonds is 5. The summed E-state index contributed by atoms with van der Waals surface area (Å²) in [5.41, 5.74) is 1.88. The third-order valence-corrected chi connectivity index (χ3v) is 3.43. The Bertz CT molecular complexity index is 932. The van der Waals surface area contributed by atoms with E-state index < -0.39 is 5.97 Å². The molecule has 0 atom stereocenters. The average Bonchev–Trinajstić information content (AvgIpc) is 3.30. The minimum absolute atomic E-state index is 0.0951. The normalized spacial score (nSPS) is 11.1. The molecule has 3 rings (SSSR count). The van der Waals surface area contributed by atoms with E-state index in [0.717, 1.165) is 5.69 Å². The van der Waals surface area contributed by atoms with E-state index in [1.165, 1.54) is 6.08 Å². The molecule has 0 saturated carbocycles. The van der Waals surface area contributed by atoms with Crippen molar-refractivity contribution in [3.05, 3.63) is 66.1 Å². The van der Waals surface area contributed by atoms with Crippen molar-refractivity contribution < 1.29 is 13.9 Å². The standard InChI is InChI=1S/C19H15N3O3/c1-2-24-19(23)14(12-20)11-15-13-22(16-7-4-3-5-8-16)21-18(15)17-9-6-10-25-17/h3-11,13H,2H2,1H3/b14-11+. The summed E-state index contributed by atoms with van der Waals surface area (Å²) in [7, 11) is 0. The topological polar surface area (TPSA) is 81.0 Å². The molecular weight excluding hydrogens is 318 g/mol. The summed E-state index contributed by atoms with van der Waals surface area (Å²) in [6.07, 6.45) is 4.74. The van der Waals surface area contributed by atoms with Crippen LogP contribution in [0.2, 0.25) is 0 Å². The van der Waals surface area contributed by atoms with E-state index in [2.05, 4.69) is 5.10 Å². The molecule has 0 radical (unpaired) electrons. The van der Waals surface area contributed by atoms with Crippen LogP contribution in [-0.2, 0) is 9.53 Å². The fraction of sp³-hybridized carbons (Fsp3) is 0.105. The van der Waals surface area contributed by atoms with Crippen molar-refractivity contribution in [2.24, 2.45) is 0 Å². The first kappa shape index (κ1) is 16.3. The van der Waals surface area contributed by atoms with Crippen LogP contribution in [0.15, 0.2) is 64.9 Å². The molecule has 2 heterocycles. The number of carbonyl (C=O) groups excluding carboxylic acids is 1. The first-order chi connectivity index (χ1) is 12.2. The molecule has 0 aliphatic heterocycles. The van der Waals surface area contributed by atoms with Crippen LogP contribution in [0.4, 0.5) is 0 Å². The Balaban J connectivity index is 2.10. The Kier molecular flexibility index (Phi) is 4.77. The quantitative estimate of drug-likeness (QED) is 0.405. The van der Waals surface area contributed by atoms with Crippen LogP contribution in [0, 0.1) is 11.3 Å². The van der Waals surface area contributed by atoms with E-state index in [4.69, 9.17) is 9.15 Å². The molecule has 25 heavy (non-hydrogen) atoms. The Labute approximate surface area is 144 Å². The van der Waals surface area contributed by atoms with Crippen LogP contribution in [0.25, 0.3) is 23.2 Å². The van der Waals surface area contributed by atoms with Gasteiger partial charge in [-0.2, -0.15) is 10.4 Å². The zero-order valence-corrected chi connectivity index (χ0v) is 13.5. The molecule has 0 bridgehead atoms. The van der Waals surface area contributed by atoms with E-state index >= 15 is 0 Å². The molecule has 124 valence electrons. The molecular formula is C19H15N3O3. The number of hydrogen-bond acceptors (Lipinski definition) is 5. The van der Waals surface area contributed by atoms with Crippen molar-refractivity contribution in [2.45, 2.75) is 6.92 Å². The lowest BCUT2D eigenvalue weighted by molar-refractivity contribution is -0.137. The second kappa shape index (κ2) is 7.32. The second-order valence-corrected chi connectivity index (χ2v) is 5.08. The number of nitrogens with zero attached hydrogens (tertiary/aromatic N) is 3. The van der Waals surface area contributed by atoms with Crippen molar-refractivity contribution in [2.75, 3.05) is 6.61 Å². The highest BCUT2D eigenvalue weighted by atomic mass is 16.5. The first-order valence-electron chi connectivity index (χ1n) is 7.70. The molecule has 2 aromatic heterocycles. The lowest BCUT2D eigenvalue weighted by Gasteiger charge is -1.99. The van der Waals surface area contributed by atoms with E-state index in [1.807, 2.05) is 36.4 Å². The number of hydrogen-bond donors (Lipinski definition) is 0. The smallest absolute Gasteiger partial charge is 0.348 e. The van der Waals surface area contributed by atoms with Crippen molar-refractivity contribution >= 4 is 12.0 Å². The maximum atomic E-state index is 11.9. The number of aromatic nitrogens is 2. The summed E-state index contributed by atoms with van der Waals surface area (Å²) in [5, 5.41) is 13.8. The lowest BCUT2D eigenvalue weighted by atomic mass is 10.1. The number of furan rings is 1. The van der Waals surface area contributed by atoms with Gasteiger partial charge in [-0.25, -0.2) is 9.48 Å². The molecule has 0 unspecified atom stereocenters. The fourth-order valence-electron chi connectivity index (χ4n) is 2.31. The van der Waals surface area contributed by atoms with Gasteiger partial charge in [-0.1, -0.05) is 18.2 Å². The van der Waals surface area contributed by atoms with Gasteiger partial charge in [0.2, 0.25) is 0 Å². The Morgan fingerprint density at radius 2 is 2.12 bits per heavy atom. The Morgan fingerprint density at radius 1 is 1.32 bits per heavy atom. The zero-order chi connectivity index (χ0) is 17.6. The van der Waals surface area contributed by atoms with Gasteiger partial charge in [0.25, 0.3) is 0 Å². The van der Waals surface area contributed by atoms with Gasteiger partial charge in [-0.05, 0) is 37.3 Å². The predicted octanol–water partition coefficient (Wildman–Crippen LogP) is 3.60. The zero-order valence-electron chi connectivity index (χ0n) is 13.5. The van der Waals surface area contributed by atoms with Crippen LogP contribution >= 0.6 is 0 Å². The number of esters is 1. The van der Waals surface area contributed by atoms with Gasteiger partial charge in [0.05, 0.1) is 18.6 Å². The highest BCUT2D eigenvalue weighted by Gasteiger charge is 2.16. The molecule has 1 aromatic carbocycles. The van der Waals surface area contributed by atoms with Gasteiger partial charge in [0.1, 0.15) is 17.3 Å². The monoisotopic (exact) mass is 333 g/mol. The third-order valence-electron chi connectivity index (χ3n) is 3.43. The molecule has 0 saturated heterocycles. The maximum absolute atomic E-state index is 11.9. The number of para-hydroxylation sites is 1. The van der Waals surface area contributed by atoms with Crippen LogP contribution < -0.4 is 0 Å². The fourth-order valence-corrected chi connectivity index (χ4v) is 2.31. The van der Waals surface area contributed by atoms with Gasteiger partial charge in [-0.3, -0.25) is 0 Å². The Morgan fingerprint density at radius 3 is 2.76 bits per heavy atom. The minimum Gasteiger partial charge on any atom is -0.463 e. The van der Waals surface area contributed by atoms with Crippen molar-refractivity contribution in [3.8, 4) is 23.2 Å². The van der Waals surface area contributed by atoms with Gasteiger partial charge in [0.15, 0.2) is 5.76 Å². The maximum Gasteiger partial charge on any atom is 0.348 e. The van der Waals surface area contributed by atoms with Gasteiger partial charge in [0, 0.05) is 11.8 Å². The van der Waals surface area contributed by atoms with E-state index in [1.54, 1.807) is 36.2 Å². The molecule has 0 spiro atoms. The highest BCUT2D eigenvalue weighted by molar-refractivity contribution is 5.98. The average molecular weight is 333 g/mol. The summed E-state index contributed by atoms with van der Waals surface area (Å²) in [5.74, 6) is -0.120. The molecule has 0 amide bonds. The van der Waals surface area contributed by atoms with Crippen LogP contribution in [0.5, 0.6) is 0 Å². The van der Waals surface area contributed by atoms with E-state index in [-0.39, 0.29) is 12.2 Å². The molecule has 0 aliphatic carbocycles. The number of benzene rings is 1. The summed E-state index contributed by atoms with van der Waals surface area (Å²) in [6, 6.07) is 14.9. The predicted molar refractivity (Wildman–Crippen MR) is 91.5 cm³/mol. The van der Waals surface area contributed by atoms with Crippen molar-refractivity contribution in [1.82, 2.24) is 9.78 Å². The van der Waals surface area contributed by atoms with Crippen LogP contribution in [0.1, 0.15) is 12.5 Å². The summed E-state index contributed by atoms with van der Waals surface area (Å²) < 4.78 is 12.0. The summed E-state index contributed by atoms with van der Waals surface area (Å²) >= 11 is 0. The minimum atomic E-state index is -0.664. The summed E-state index contributed by atoms with van der Waals surface area (Å²) in [6.45, 7) is 1.89. The third kappa shape index (κ3) is 3.51. The lowest BCUT2D eigenvalue weighted by Crippen LogP contribution is -2.06. The summed E-state index contributed by atoms with van der Waals surface area (Å²) in [4.78, 5) is 11.9. The molecule has 6 heteroatoms. The van der Waals surface area contributed by atoms with Crippen molar-refractivity contribution in [1.29, 1.82) is 5.26 Å². The van der Waals surface area contributed by atoms with Gasteiger partial charge < -0.3 is 9.15 Å².